The largest absolute Gasteiger partial charge is 0.454 e. The molecular formula is C15H18N2O6S. The Kier molecular flexibility index (Phi) is 4.35. The van der Waals surface area contributed by atoms with Crippen molar-refractivity contribution in [1.29, 1.82) is 0 Å². The number of amides is 2. The number of fused-ring (bicyclic) bond motifs is 1. The van der Waals surface area contributed by atoms with E-state index in [0.29, 0.717) is 23.6 Å². The highest BCUT2D eigenvalue weighted by Crippen LogP contribution is 2.34. The quantitative estimate of drug-likeness (QED) is 0.788. The lowest BCUT2D eigenvalue weighted by molar-refractivity contribution is -0.144. The molecule has 2 heterocycles. The fourth-order valence-electron chi connectivity index (χ4n) is 2.88. The van der Waals surface area contributed by atoms with Crippen LogP contribution in [0.25, 0.3) is 0 Å². The van der Waals surface area contributed by atoms with Gasteiger partial charge in [-0.1, -0.05) is 0 Å². The summed E-state index contributed by atoms with van der Waals surface area (Å²) >= 11 is 0. The molecule has 2 amide bonds. The zero-order valence-corrected chi connectivity index (χ0v) is 14.0. The second kappa shape index (κ2) is 6.31. The fraction of sp³-hybridized carbons (Fsp3) is 0.467. The molecule has 1 fully saturated rings. The first-order chi connectivity index (χ1) is 11.4. The highest BCUT2D eigenvalue weighted by molar-refractivity contribution is 7.91. The van der Waals surface area contributed by atoms with E-state index in [1.165, 1.54) is 4.90 Å². The molecule has 1 unspecified atom stereocenters. The van der Waals surface area contributed by atoms with Crippen molar-refractivity contribution in [3.05, 3.63) is 18.2 Å². The Labute approximate surface area is 139 Å². The van der Waals surface area contributed by atoms with Crippen molar-refractivity contribution >= 4 is 27.3 Å². The van der Waals surface area contributed by atoms with Gasteiger partial charge in [-0.25, -0.2) is 8.42 Å². The SMILES string of the molecule is CCN(C(=O)C(=O)Nc1ccc2c(c1)OCO2)C1CCS(=O)(=O)C1. The van der Waals surface area contributed by atoms with Crippen LogP contribution in [0.1, 0.15) is 13.3 Å². The van der Waals surface area contributed by atoms with Crippen molar-refractivity contribution in [1.82, 2.24) is 4.90 Å². The summed E-state index contributed by atoms with van der Waals surface area (Å²) in [5, 5.41) is 2.52. The Hall–Kier alpha value is -2.29. The molecule has 24 heavy (non-hydrogen) atoms. The highest BCUT2D eigenvalue weighted by Gasteiger charge is 2.36. The van der Waals surface area contributed by atoms with Crippen LogP contribution < -0.4 is 14.8 Å². The minimum Gasteiger partial charge on any atom is -0.454 e. The summed E-state index contributed by atoms with van der Waals surface area (Å²) in [5.41, 5.74) is 0.410. The topological polar surface area (TPSA) is 102 Å². The molecule has 0 aliphatic carbocycles. The van der Waals surface area contributed by atoms with Gasteiger partial charge >= 0.3 is 11.8 Å². The number of hydrogen-bond donors (Lipinski definition) is 1. The van der Waals surface area contributed by atoms with Crippen LogP contribution in [-0.4, -0.2) is 56.0 Å². The molecule has 1 atom stereocenters. The number of hydrogen-bond acceptors (Lipinski definition) is 6. The second-order valence-corrected chi connectivity index (χ2v) is 7.90. The van der Waals surface area contributed by atoms with Crippen molar-refractivity contribution in [3.8, 4) is 11.5 Å². The number of sulfone groups is 1. The number of rotatable bonds is 3. The van der Waals surface area contributed by atoms with Gasteiger partial charge in [0.2, 0.25) is 6.79 Å². The predicted octanol–water partition coefficient (Wildman–Crippen LogP) is 0.389. The molecule has 1 aromatic rings. The summed E-state index contributed by atoms with van der Waals surface area (Å²) < 4.78 is 33.6. The molecule has 8 nitrogen and oxygen atoms in total. The smallest absolute Gasteiger partial charge is 0.313 e. The van der Waals surface area contributed by atoms with Gasteiger partial charge in [0, 0.05) is 24.3 Å². The Morgan fingerprint density at radius 1 is 1.29 bits per heavy atom. The molecule has 2 aliphatic heterocycles. The molecule has 1 saturated heterocycles. The molecule has 0 radical (unpaired) electrons. The maximum absolute atomic E-state index is 12.4. The third kappa shape index (κ3) is 3.30. The molecule has 9 heteroatoms. The van der Waals surface area contributed by atoms with Gasteiger partial charge in [-0.05, 0) is 25.5 Å². The van der Waals surface area contributed by atoms with Gasteiger partial charge in [-0.2, -0.15) is 0 Å². The Balaban J connectivity index is 1.68. The summed E-state index contributed by atoms with van der Waals surface area (Å²) in [7, 11) is -3.13. The van der Waals surface area contributed by atoms with Gasteiger partial charge in [0.15, 0.2) is 21.3 Å². The predicted molar refractivity (Wildman–Crippen MR) is 85.6 cm³/mol. The van der Waals surface area contributed by atoms with Crippen LogP contribution in [-0.2, 0) is 19.4 Å². The summed E-state index contributed by atoms with van der Waals surface area (Å²) in [5.74, 6) is -0.521. The Morgan fingerprint density at radius 2 is 2.04 bits per heavy atom. The number of nitrogens with one attached hydrogen (secondary N) is 1. The van der Waals surface area contributed by atoms with Crippen molar-refractivity contribution in [2.75, 3.05) is 30.2 Å². The fourth-order valence-corrected chi connectivity index (χ4v) is 4.61. The summed E-state index contributed by atoms with van der Waals surface area (Å²) in [6, 6.07) is 4.37. The van der Waals surface area contributed by atoms with Gasteiger partial charge in [-0.3, -0.25) is 9.59 Å². The number of benzene rings is 1. The van der Waals surface area contributed by atoms with Crippen LogP contribution in [0, 0.1) is 0 Å². The lowest BCUT2D eigenvalue weighted by Gasteiger charge is -2.26. The third-order valence-electron chi connectivity index (χ3n) is 4.08. The maximum Gasteiger partial charge on any atom is 0.313 e. The first-order valence-corrected chi connectivity index (χ1v) is 9.44. The van der Waals surface area contributed by atoms with E-state index in [1.54, 1.807) is 25.1 Å². The lowest BCUT2D eigenvalue weighted by Crippen LogP contribution is -2.46. The van der Waals surface area contributed by atoms with Gasteiger partial charge in [-0.15, -0.1) is 0 Å². The number of ether oxygens (including phenoxy) is 2. The zero-order chi connectivity index (χ0) is 17.3. The van der Waals surface area contributed by atoms with Gasteiger partial charge in [0.05, 0.1) is 11.5 Å². The first kappa shape index (κ1) is 16.6. The van der Waals surface area contributed by atoms with Crippen LogP contribution >= 0.6 is 0 Å². The average molecular weight is 354 g/mol. The minimum atomic E-state index is -3.13. The van der Waals surface area contributed by atoms with E-state index < -0.39 is 27.7 Å². The van der Waals surface area contributed by atoms with Gasteiger partial charge in [0.1, 0.15) is 0 Å². The molecule has 2 aliphatic rings. The van der Waals surface area contributed by atoms with Crippen LogP contribution in [0.4, 0.5) is 5.69 Å². The highest BCUT2D eigenvalue weighted by atomic mass is 32.2. The summed E-state index contributed by atoms with van der Waals surface area (Å²) in [6.07, 6.45) is 0.360. The number of nitrogens with zero attached hydrogens (tertiary/aromatic N) is 1. The number of carbonyl (C=O) groups is 2. The third-order valence-corrected chi connectivity index (χ3v) is 5.83. The van der Waals surface area contributed by atoms with Crippen LogP contribution in [0.5, 0.6) is 11.5 Å². The average Bonchev–Trinajstić information content (AvgIpc) is 3.13. The van der Waals surface area contributed by atoms with E-state index in [9.17, 15) is 18.0 Å². The van der Waals surface area contributed by atoms with E-state index in [4.69, 9.17) is 9.47 Å². The van der Waals surface area contributed by atoms with Crippen molar-refractivity contribution < 1.29 is 27.5 Å². The number of anilines is 1. The molecule has 3 rings (SSSR count). The normalized spacial score (nSPS) is 20.6. The number of likely N-dealkylation sites (N-methyl/N-ethyl adjacent to an activating group) is 1. The molecule has 1 N–H and O–H groups in total. The minimum absolute atomic E-state index is 0.0469. The zero-order valence-electron chi connectivity index (χ0n) is 13.1. The summed E-state index contributed by atoms with van der Waals surface area (Å²) in [4.78, 5) is 25.9. The van der Waals surface area contributed by atoms with Gasteiger partial charge < -0.3 is 19.7 Å². The maximum atomic E-state index is 12.4. The molecule has 0 aromatic heterocycles. The molecule has 0 spiro atoms. The van der Waals surface area contributed by atoms with Crippen LogP contribution in [0.15, 0.2) is 18.2 Å². The second-order valence-electron chi connectivity index (χ2n) is 5.67. The standard InChI is InChI=1S/C15H18N2O6S/c1-2-17(11-5-6-24(20,21)8-11)15(19)14(18)16-10-3-4-12-13(7-10)23-9-22-12/h3-4,7,11H,2,5-6,8-9H2,1H3,(H,16,18). The van der Waals surface area contributed by atoms with Crippen molar-refractivity contribution in [2.45, 2.75) is 19.4 Å². The first-order valence-electron chi connectivity index (χ1n) is 7.61. The van der Waals surface area contributed by atoms with Gasteiger partial charge in [0.25, 0.3) is 0 Å². The van der Waals surface area contributed by atoms with Crippen LogP contribution in [0.2, 0.25) is 0 Å². The molecule has 0 saturated carbocycles. The van der Waals surface area contributed by atoms with Crippen LogP contribution in [0.3, 0.4) is 0 Å². The van der Waals surface area contributed by atoms with Crippen molar-refractivity contribution in [3.63, 3.8) is 0 Å². The molecule has 1 aromatic carbocycles. The van der Waals surface area contributed by atoms with E-state index in [-0.39, 0.29) is 24.8 Å². The summed E-state index contributed by atoms with van der Waals surface area (Å²) in [6.45, 7) is 2.11. The van der Waals surface area contributed by atoms with E-state index in [0.717, 1.165) is 0 Å². The van der Waals surface area contributed by atoms with E-state index in [2.05, 4.69) is 5.32 Å². The molecule has 130 valence electrons. The van der Waals surface area contributed by atoms with E-state index >= 15 is 0 Å². The molecule has 0 bridgehead atoms. The monoisotopic (exact) mass is 354 g/mol. The molecular weight excluding hydrogens is 336 g/mol. The Morgan fingerprint density at radius 3 is 2.71 bits per heavy atom. The Bertz CT molecular complexity index is 776. The van der Waals surface area contributed by atoms with E-state index in [1.807, 2.05) is 0 Å². The number of carbonyl (C=O) groups excluding carboxylic acids is 2. The lowest BCUT2D eigenvalue weighted by atomic mass is 10.2. The van der Waals surface area contributed by atoms with Crippen molar-refractivity contribution in [2.24, 2.45) is 0 Å².